The fourth-order valence-corrected chi connectivity index (χ4v) is 2.70. The van der Waals surface area contributed by atoms with Gasteiger partial charge < -0.3 is 5.32 Å². The highest BCUT2D eigenvalue weighted by Crippen LogP contribution is 2.24. The van der Waals surface area contributed by atoms with Gasteiger partial charge in [0.05, 0.1) is 22.2 Å². The molecule has 9 heteroatoms. The Hall–Kier alpha value is -4.14. The SMILES string of the molecule is O=C(Nc1ncnc2c1cnn2-c1ccccc1)c1ccccc1[N+](=O)[O-]. The second-order valence-electron chi connectivity index (χ2n) is 5.58. The van der Waals surface area contributed by atoms with Gasteiger partial charge in [-0.05, 0) is 18.2 Å². The number of nitro groups is 1. The van der Waals surface area contributed by atoms with E-state index in [-0.39, 0.29) is 17.1 Å². The summed E-state index contributed by atoms with van der Waals surface area (Å²) in [5.74, 6) is -0.403. The molecule has 0 spiro atoms. The number of carbonyl (C=O) groups excluding carboxylic acids is 1. The van der Waals surface area contributed by atoms with Gasteiger partial charge in [-0.2, -0.15) is 5.10 Å². The van der Waals surface area contributed by atoms with Crippen LogP contribution in [0, 0.1) is 10.1 Å². The Balaban J connectivity index is 1.73. The Morgan fingerprint density at radius 1 is 1.04 bits per heavy atom. The Kier molecular flexibility index (Phi) is 4.01. The lowest BCUT2D eigenvalue weighted by Crippen LogP contribution is -2.15. The molecule has 0 unspecified atom stereocenters. The lowest BCUT2D eigenvalue weighted by Gasteiger charge is -2.06. The molecule has 0 bridgehead atoms. The average molecular weight is 360 g/mol. The molecule has 0 aliphatic carbocycles. The Labute approximate surface area is 152 Å². The van der Waals surface area contributed by atoms with Crippen molar-refractivity contribution in [3.05, 3.63) is 82.8 Å². The summed E-state index contributed by atoms with van der Waals surface area (Å²) in [6.45, 7) is 0. The lowest BCUT2D eigenvalue weighted by atomic mass is 10.1. The zero-order valence-corrected chi connectivity index (χ0v) is 13.8. The van der Waals surface area contributed by atoms with Crippen LogP contribution >= 0.6 is 0 Å². The van der Waals surface area contributed by atoms with Crippen LogP contribution in [-0.4, -0.2) is 30.6 Å². The van der Waals surface area contributed by atoms with Gasteiger partial charge in [0.15, 0.2) is 5.65 Å². The van der Waals surface area contributed by atoms with Crippen molar-refractivity contribution < 1.29 is 9.72 Å². The summed E-state index contributed by atoms with van der Waals surface area (Å²) in [5.41, 5.74) is 0.987. The van der Waals surface area contributed by atoms with Crippen LogP contribution in [0.25, 0.3) is 16.7 Å². The highest BCUT2D eigenvalue weighted by Gasteiger charge is 2.21. The van der Waals surface area contributed by atoms with Crippen molar-refractivity contribution >= 4 is 28.4 Å². The molecule has 1 N–H and O–H groups in total. The highest BCUT2D eigenvalue weighted by atomic mass is 16.6. The number of para-hydroxylation sites is 2. The van der Waals surface area contributed by atoms with E-state index in [1.165, 1.54) is 30.7 Å². The molecule has 1 amide bonds. The van der Waals surface area contributed by atoms with E-state index in [1.54, 1.807) is 10.7 Å². The molecule has 2 heterocycles. The van der Waals surface area contributed by atoms with E-state index < -0.39 is 10.8 Å². The number of aromatic nitrogens is 4. The minimum absolute atomic E-state index is 0.0512. The van der Waals surface area contributed by atoms with Crippen molar-refractivity contribution in [3.8, 4) is 5.69 Å². The topological polar surface area (TPSA) is 116 Å². The van der Waals surface area contributed by atoms with Crippen LogP contribution in [0.3, 0.4) is 0 Å². The first-order valence-corrected chi connectivity index (χ1v) is 7.94. The summed E-state index contributed by atoms with van der Waals surface area (Å²) >= 11 is 0. The molecule has 9 nitrogen and oxygen atoms in total. The summed E-state index contributed by atoms with van der Waals surface area (Å²) in [6, 6.07) is 15.1. The summed E-state index contributed by atoms with van der Waals surface area (Å²) in [6.07, 6.45) is 2.84. The number of nitro benzene ring substituents is 1. The van der Waals surface area contributed by atoms with Crippen LogP contribution < -0.4 is 5.32 Å². The van der Waals surface area contributed by atoms with Crippen molar-refractivity contribution in [1.82, 2.24) is 19.7 Å². The molecule has 2 aromatic heterocycles. The predicted molar refractivity (Wildman–Crippen MR) is 97.7 cm³/mol. The smallest absolute Gasteiger partial charge is 0.282 e. The first kappa shape index (κ1) is 16.3. The number of benzene rings is 2. The van der Waals surface area contributed by atoms with Gasteiger partial charge in [0.25, 0.3) is 11.6 Å². The fourth-order valence-electron chi connectivity index (χ4n) is 2.70. The number of hydrogen-bond acceptors (Lipinski definition) is 6. The summed E-state index contributed by atoms with van der Waals surface area (Å²) in [7, 11) is 0. The van der Waals surface area contributed by atoms with E-state index in [9.17, 15) is 14.9 Å². The Morgan fingerprint density at radius 3 is 2.56 bits per heavy atom. The van der Waals surface area contributed by atoms with E-state index in [2.05, 4.69) is 20.4 Å². The van der Waals surface area contributed by atoms with Gasteiger partial charge in [-0.15, -0.1) is 0 Å². The number of carbonyl (C=O) groups is 1. The molecule has 0 saturated heterocycles. The van der Waals surface area contributed by atoms with Crippen LogP contribution in [0.4, 0.5) is 11.5 Å². The molecular weight excluding hydrogens is 348 g/mol. The van der Waals surface area contributed by atoms with E-state index in [4.69, 9.17) is 0 Å². The molecule has 0 fully saturated rings. The van der Waals surface area contributed by atoms with Gasteiger partial charge >= 0.3 is 0 Å². The highest BCUT2D eigenvalue weighted by molar-refractivity contribution is 6.09. The van der Waals surface area contributed by atoms with Gasteiger partial charge in [0.2, 0.25) is 0 Å². The van der Waals surface area contributed by atoms with E-state index in [0.717, 1.165) is 5.69 Å². The first-order valence-electron chi connectivity index (χ1n) is 7.94. The van der Waals surface area contributed by atoms with Crippen molar-refractivity contribution in [1.29, 1.82) is 0 Å². The molecule has 2 aromatic carbocycles. The third kappa shape index (κ3) is 2.97. The van der Waals surface area contributed by atoms with Crippen LogP contribution in [-0.2, 0) is 0 Å². The minimum Gasteiger partial charge on any atom is -0.306 e. The molecule has 0 aliphatic rings. The number of anilines is 1. The zero-order valence-electron chi connectivity index (χ0n) is 13.8. The van der Waals surface area contributed by atoms with Gasteiger partial charge in [-0.25, -0.2) is 14.6 Å². The lowest BCUT2D eigenvalue weighted by molar-refractivity contribution is -0.385. The molecule has 0 aliphatic heterocycles. The molecular formula is C18H12N6O3. The van der Waals surface area contributed by atoms with Gasteiger partial charge in [0, 0.05) is 6.07 Å². The summed E-state index contributed by atoms with van der Waals surface area (Å²) in [5, 5.41) is 18.6. The Morgan fingerprint density at radius 2 is 1.78 bits per heavy atom. The molecule has 132 valence electrons. The molecule has 27 heavy (non-hydrogen) atoms. The van der Waals surface area contributed by atoms with Crippen molar-refractivity contribution in [2.24, 2.45) is 0 Å². The van der Waals surface area contributed by atoms with Gasteiger partial charge in [-0.1, -0.05) is 30.3 Å². The van der Waals surface area contributed by atoms with Crippen molar-refractivity contribution in [3.63, 3.8) is 0 Å². The Bertz CT molecular complexity index is 1160. The van der Waals surface area contributed by atoms with Crippen molar-refractivity contribution in [2.45, 2.75) is 0 Å². The first-order chi connectivity index (χ1) is 13.1. The van der Waals surface area contributed by atoms with Gasteiger partial charge in [0.1, 0.15) is 17.7 Å². The second kappa shape index (κ2) is 6.64. The van der Waals surface area contributed by atoms with E-state index >= 15 is 0 Å². The second-order valence-corrected chi connectivity index (χ2v) is 5.58. The number of hydrogen-bond donors (Lipinski definition) is 1. The quantitative estimate of drug-likeness (QED) is 0.442. The van der Waals surface area contributed by atoms with E-state index in [0.29, 0.717) is 11.0 Å². The number of rotatable bonds is 4. The van der Waals surface area contributed by atoms with Crippen LogP contribution in [0.2, 0.25) is 0 Å². The zero-order chi connectivity index (χ0) is 18.8. The molecule has 0 atom stereocenters. The largest absolute Gasteiger partial charge is 0.306 e. The monoisotopic (exact) mass is 360 g/mol. The average Bonchev–Trinajstić information content (AvgIpc) is 3.14. The summed E-state index contributed by atoms with van der Waals surface area (Å²) < 4.78 is 1.62. The number of nitrogens with zero attached hydrogens (tertiary/aromatic N) is 5. The molecule has 4 rings (SSSR count). The minimum atomic E-state index is -0.630. The van der Waals surface area contributed by atoms with Crippen molar-refractivity contribution in [2.75, 3.05) is 5.32 Å². The molecule has 0 radical (unpaired) electrons. The van der Waals surface area contributed by atoms with E-state index in [1.807, 2.05) is 30.3 Å². The standard InChI is InChI=1S/C18H12N6O3/c25-18(13-8-4-5-9-15(13)24(26)27)22-16-14-10-21-23(17(14)20-11-19-16)12-6-2-1-3-7-12/h1-11H,(H,19,20,22,25). The predicted octanol–water partition coefficient (Wildman–Crippen LogP) is 2.98. The normalized spacial score (nSPS) is 10.7. The number of fused-ring (bicyclic) bond motifs is 1. The third-order valence-electron chi connectivity index (χ3n) is 3.94. The van der Waals surface area contributed by atoms with Crippen LogP contribution in [0.1, 0.15) is 10.4 Å². The third-order valence-corrected chi connectivity index (χ3v) is 3.94. The maximum atomic E-state index is 12.6. The van der Waals surface area contributed by atoms with Gasteiger partial charge in [-0.3, -0.25) is 14.9 Å². The fraction of sp³-hybridized carbons (Fsp3) is 0. The number of nitrogens with one attached hydrogen (secondary N) is 1. The maximum Gasteiger partial charge on any atom is 0.282 e. The van der Waals surface area contributed by atoms with Crippen LogP contribution in [0.5, 0.6) is 0 Å². The molecule has 4 aromatic rings. The van der Waals surface area contributed by atoms with Crippen LogP contribution in [0.15, 0.2) is 67.1 Å². The molecule has 0 saturated carbocycles. The maximum absolute atomic E-state index is 12.6. The number of amides is 1. The summed E-state index contributed by atoms with van der Waals surface area (Å²) in [4.78, 5) is 31.4.